The molecule has 1 aliphatic rings. The zero-order valence-electron chi connectivity index (χ0n) is 19.4. The first-order chi connectivity index (χ1) is 14.6. The van der Waals surface area contributed by atoms with E-state index < -0.39 is 5.60 Å². The number of rotatable bonds is 7. The number of Topliss-reactive ketones (excluding diaryl/α,β-unsaturated/α-hetero) is 1. The molecule has 7 heteroatoms. The number of amides is 1. The molecule has 0 aliphatic carbocycles. The van der Waals surface area contributed by atoms with Gasteiger partial charge in [-0.3, -0.25) is 9.69 Å². The van der Waals surface area contributed by atoms with E-state index in [-0.39, 0.29) is 17.9 Å². The molecule has 3 rings (SSSR count). The lowest BCUT2D eigenvalue weighted by atomic mass is 10.0. The molecule has 0 unspecified atom stereocenters. The van der Waals surface area contributed by atoms with E-state index in [1.165, 1.54) is 4.88 Å². The van der Waals surface area contributed by atoms with Gasteiger partial charge in [0.05, 0.1) is 6.54 Å². The van der Waals surface area contributed by atoms with Gasteiger partial charge in [0.2, 0.25) is 0 Å². The number of aromatic nitrogens is 1. The predicted octanol–water partition coefficient (Wildman–Crippen LogP) is 4.58. The summed E-state index contributed by atoms with van der Waals surface area (Å²) in [4.78, 5) is 28.5. The first kappa shape index (κ1) is 23.5. The van der Waals surface area contributed by atoms with Gasteiger partial charge in [-0.05, 0) is 71.4 Å². The van der Waals surface area contributed by atoms with Gasteiger partial charge in [0.25, 0.3) is 0 Å². The number of aryl methyl sites for hydroxylation is 2. The number of carbonyl (C=O) groups is 2. The van der Waals surface area contributed by atoms with Crippen LogP contribution in [0.1, 0.15) is 60.2 Å². The second kappa shape index (κ2) is 10.0. The van der Waals surface area contributed by atoms with Crippen LogP contribution >= 0.6 is 11.3 Å². The molecule has 1 fully saturated rings. The summed E-state index contributed by atoms with van der Waals surface area (Å²) in [6, 6.07) is 6.37. The zero-order chi connectivity index (χ0) is 22.6. The van der Waals surface area contributed by atoms with Crippen LogP contribution in [-0.2, 0) is 17.7 Å². The van der Waals surface area contributed by atoms with Gasteiger partial charge >= 0.3 is 6.09 Å². The van der Waals surface area contributed by atoms with Crippen molar-refractivity contribution in [3.05, 3.63) is 45.4 Å². The molecule has 2 aromatic heterocycles. The average Bonchev–Trinajstić information content (AvgIpc) is 3.28. The van der Waals surface area contributed by atoms with E-state index in [2.05, 4.69) is 39.2 Å². The minimum atomic E-state index is -0.493. The molecule has 1 amide bonds. The third kappa shape index (κ3) is 6.68. The van der Waals surface area contributed by atoms with Crippen molar-refractivity contribution in [2.75, 3.05) is 19.6 Å². The van der Waals surface area contributed by atoms with E-state index >= 15 is 0 Å². The first-order valence-corrected chi connectivity index (χ1v) is 11.9. The molecule has 0 radical (unpaired) electrons. The predicted molar refractivity (Wildman–Crippen MR) is 125 cm³/mol. The Morgan fingerprint density at radius 1 is 1.23 bits per heavy atom. The Bertz CT molecular complexity index is 888. The lowest BCUT2D eigenvalue weighted by molar-refractivity contribution is 0.0476. The first-order valence-electron chi connectivity index (χ1n) is 11.1. The normalized spacial score (nSPS) is 15.8. The number of likely N-dealkylation sites (tertiary alicyclic amines) is 1. The SMILES string of the molecule is Cc1cc(C(=O)CN2CCC(NC(=O)OC(C)(C)C)CC2)c(C)n1CCc1cccs1. The fourth-order valence-corrected chi connectivity index (χ4v) is 4.80. The highest BCUT2D eigenvalue weighted by atomic mass is 32.1. The van der Waals surface area contributed by atoms with Crippen molar-refractivity contribution in [3.8, 4) is 0 Å². The maximum Gasteiger partial charge on any atom is 0.407 e. The highest BCUT2D eigenvalue weighted by molar-refractivity contribution is 7.09. The number of thiophene rings is 1. The number of piperidine rings is 1. The van der Waals surface area contributed by atoms with Gasteiger partial charge in [0, 0.05) is 47.5 Å². The van der Waals surface area contributed by atoms with Gasteiger partial charge < -0.3 is 14.6 Å². The fraction of sp³-hybridized carbons (Fsp3) is 0.583. The summed E-state index contributed by atoms with van der Waals surface area (Å²) in [6.07, 6.45) is 2.27. The van der Waals surface area contributed by atoms with Crippen LogP contribution in [0.4, 0.5) is 4.79 Å². The van der Waals surface area contributed by atoms with Crippen LogP contribution in [0.25, 0.3) is 0 Å². The number of hydrogen-bond acceptors (Lipinski definition) is 5. The summed E-state index contributed by atoms with van der Waals surface area (Å²) in [5.74, 6) is 0.175. The Labute approximate surface area is 189 Å². The number of alkyl carbamates (subject to hydrolysis) is 1. The van der Waals surface area contributed by atoms with Gasteiger partial charge in [-0.15, -0.1) is 11.3 Å². The van der Waals surface area contributed by atoms with Crippen molar-refractivity contribution < 1.29 is 14.3 Å². The highest BCUT2D eigenvalue weighted by Crippen LogP contribution is 2.20. The molecule has 3 heterocycles. The average molecular weight is 446 g/mol. The molecule has 6 nitrogen and oxygen atoms in total. The summed E-state index contributed by atoms with van der Waals surface area (Å²) >= 11 is 1.78. The molecule has 1 saturated heterocycles. The number of carbonyl (C=O) groups excluding carboxylic acids is 2. The number of nitrogens with one attached hydrogen (secondary N) is 1. The molecular weight excluding hydrogens is 410 g/mol. The van der Waals surface area contributed by atoms with Gasteiger partial charge in [0.1, 0.15) is 5.60 Å². The number of ketones is 1. The Hall–Kier alpha value is -2.12. The molecule has 0 atom stereocenters. The lowest BCUT2D eigenvalue weighted by Crippen LogP contribution is -2.47. The van der Waals surface area contributed by atoms with Crippen LogP contribution in [0, 0.1) is 13.8 Å². The minimum absolute atomic E-state index is 0.100. The molecule has 0 spiro atoms. The van der Waals surface area contributed by atoms with Crippen molar-refractivity contribution in [1.82, 2.24) is 14.8 Å². The van der Waals surface area contributed by atoms with Gasteiger partial charge in [-0.1, -0.05) is 6.07 Å². The number of nitrogens with zero attached hydrogens (tertiary/aromatic N) is 2. The van der Waals surface area contributed by atoms with E-state index in [0.717, 1.165) is 55.8 Å². The zero-order valence-corrected chi connectivity index (χ0v) is 20.2. The second-order valence-corrected chi connectivity index (χ2v) is 10.4. The Kier molecular flexibility index (Phi) is 7.59. The van der Waals surface area contributed by atoms with Crippen LogP contribution in [0.3, 0.4) is 0 Å². The van der Waals surface area contributed by atoms with Gasteiger partial charge in [-0.2, -0.15) is 0 Å². The second-order valence-electron chi connectivity index (χ2n) is 9.39. The lowest BCUT2D eigenvalue weighted by Gasteiger charge is -2.32. The maximum atomic E-state index is 13.0. The van der Waals surface area contributed by atoms with Crippen molar-refractivity contribution in [1.29, 1.82) is 0 Å². The Morgan fingerprint density at radius 3 is 2.55 bits per heavy atom. The quantitative estimate of drug-likeness (QED) is 0.634. The van der Waals surface area contributed by atoms with Crippen molar-refractivity contribution in [2.24, 2.45) is 0 Å². The van der Waals surface area contributed by atoms with Crippen molar-refractivity contribution >= 4 is 23.2 Å². The number of ether oxygens (including phenoxy) is 1. The van der Waals surface area contributed by atoms with E-state index in [1.54, 1.807) is 11.3 Å². The van der Waals surface area contributed by atoms with Crippen molar-refractivity contribution in [3.63, 3.8) is 0 Å². The highest BCUT2D eigenvalue weighted by Gasteiger charge is 2.25. The molecule has 31 heavy (non-hydrogen) atoms. The molecule has 0 aromatic carbocycles. The molecule has 0 bridgehead atoms. The third-order valence-electron chi connectivity index (χ3n) is 5.71. The molecular formula is C24H35N3O3S. The van der Waals surface area contributed by atoms with Crippen LogP contribution < -0.4 is 5.32 Å². The summed E-state index contributed by atoms with van der Waals surface area (Å²) in [5, 5.41) is 5.05. The van der Waals surface area contributed by atoms with E-state index in [4.69, 9.17) is 4.74 Å². The van der Waals surface area contributed by atoms with Gasteiger partial charge in [-0.25, -0.2) is 4.79 Å². The topological polar surface area (TPSA) is 63.6 Å². The standard InChI is InChI=1S/C24H35N3O3S/c1-17-15-21(18(2)27(17)13-10-20-7-6-14-31-20)22(28)16-26-11-8-19(9-12-26)25-23(29)30-24(3,4)5/h6-7,14-15,19H,8-13,16H2,1-5H3,(H,25,29). The summed E-state index contributed by atoms with van der Waals surface area (Å²) in [7, 11) is 0. The maximum absolute atomic E-state index is 13.0. The summed E-state index contributed by atoms with van der Waals surface area (Å²) < 4.78 is 7.59. The van der Waals surface area contributed by atoms with Crippen LogP contribution in [0.15, 0.2) is 23.6 Å². The summed E-state index contributed by atoms with van der Waals surface area (Å²) in [6.45, 7) is 12.6. The Balaban J connectivity index is 1.50. The van der Waals surface area contributed by atoms with Crippen LogP contribution in [0.2, 0.25) is 0 Å². The minimum Gasteiger partial charge on any atom is -0.444 e. The number of hydrogen-bond donors (Lipinski definition) is 1. The summed E-state index contributed by atoms with van der Waals surface area (Å²) in [5.41, 5.74) is 2.53. The third-order valence-corrected chi connectivity index (χ3v) is 6.65. The molecule has 1 N–H and O–H groups in total. The van der Waals surface area contributed by atoms with Crippen molar-refractivity contribution in [2.45, 2.75) is 72.1 Å². The molecule has 1 aliphatic heterocycles. The molecule has 170 valence electrons. The largest absolute Gasteiger partial charge is 0.444 e. The monoisotopic (exact) mass is 445 g/mol. The van der Waals surface area contributed by atoms with Gasteiger partial charge in [0.15, 0.2) is 5.78 Å². The fourth-order valence-electron chi connectivity index (χ4n) is 4.10. The van der Waals surface area contributed by atoms with Crippen LogP contribution in [0.5, 0.6) is 0 Å². The van der Waals surface area contributed by atoms with E-state index in [1.807, 2.05) is 33.8 Å². The smallest absolute Gasteiger partial charge is 0.407 e. The molecule has 0 saturated carbocycles. The van der Waals surface area contributed by atoms with E-state index in [0.29, 0.717) is 6.54 Å². The Morgan fingerprint density at radius 2 is 1.94 bits per heavy atom. The molecule has 2 aromatic rings. The van der Waals surface area contributed by atoms with E-state index in [9.17, 15) is 9.59 Å². The van der Waals surface area contributed by atoms with Crippen LogP contribution in [-0.4, -0.2) is 52.6 Å².